The van der Waals surface area contributed by atoms with Crippen molar-refractivity contribution in [1.82, 2.24) is 5.32 Å². The third-order valence-corrected chi connectivity index (χ3v) is 3.73. The molecule has 21 heavy (non-hydrogen) atoms. The molecule has 0 aromatic heterocycles. The Hall–Kier alpha value is -1.55. The number of urea groups is 1. The van der Waals surface area contributed by atoms with Crippen molar-refractivity contribution in [3.05, 3.63) is 29.3 Å². The molecule has 4 nitrogen and oxygen atoms in total. The van der Waals surface area contributed by atoms with Gasteiger partial charge in [-0.2, -0.15) is 0 Å². The van der Waals surface area contributed by atoms with Crippen LogP contribution >= 0.6 is 0 Å². The molecule has 0 bridgehead atoms. The van der Waals surface area contributed by atoms with Crippen LogP contribution in [-0.4, -0.2) is 23.8 Å². The van der Waals surface area contributed by atoms with Gasteiger partial charge in [-0.3, -0.25) is 0 Å². The summed E-state index contributed by atoms with van der Waals surface area (Å²) in [6.45, 7) is 10.4. The molecule has 1 rings (SSSR count). The highest BCUT2D eigenvalue weighted by molar-refractivity contribution is 5.91. The summed E-state index contributed by atoms with van der Waals surface area (Å²) in [4.78, 5) is 12.2. The summed E-state index contributed by atoms with van der Waals surface area (Å²) in [6, 6.07) is 5.81. The molecule has 2 amide bonds. The Morgan fingerprint density at radius 1 is 1.24 bits per heavy atom. The van der Waals surface area contributed by atoms with E-state index in [4.69, 9.17) is 5.11 Å². The van der Waals surface area contributed by atoms with Gasteiger partial charge in [-0.05, 0) is 36.3 Å². The summed E-state index contributed by atoms with van der Waals surface area (Å²) in [6.07, 6.45) is 0.565. The van der Waals surface area contributed by atoms with Gasteiger partial charge in [0.05, 0.1) is 0 Å². The van der Waals surface area contributed by atoms with E-state index in [-0.39, 0.29) is 24.6 Å². The number of amides is 2. The fourth-order valence-corrected chi connectivity index (χ4v) is 2.37. The molecular weight excluding hydrogens is 264 g/mol. The Balaban J connectivity index is 2.83. The van der Waals surface area contributed by atoms with Gasteiger partial charge in [0.2, 0.25) is 0 Å². The number of hydrogen-bond donors (Lipinski definition) is 3. The van der Waals surface area contributed by atoms with E-state index in [2.05, 4.69) is 24.5 Å². The highest BCUT2D eigenvalue weighted by atomic mass is 16.3. The third kappa shape index (κ3) is 5.05. The largest absolute Gasteiger partial charge is 0.396 e. The number of carbonyl (C=O) groups excluding carboxylic acids is 1. The fourth-order valence-electron chi connectivity index (χ4n) is 2.37. The molecule has 1 atom stereocenters. The number of aliphatic hydroxyl groups excluding tert-OH is 1. The number of rotatable bonds is 6. The first-order valence-electron chi connectivity index (χ1n) is 7.64. The van der Waals surface area contributed by atoms with Crippen LogP contribution in [0.4, 0.5) is 10.5 Å². The first-order valence-corrected chi connectivity index (χ1v) is 7.64. The molecule has 0 saturated heterocycles. The first-order chi connectivity index (χ1) is 9.86. The maximum absolute atomic E-state index is 12.2. The molecule has 4 heteroatoms. The topological polar surface area (TPSA) is 61.4 Å². The monoisotopic (exact) mass is 292 g/mol. The lowest BCUT2D eigenvalue weighted by atomic mass is 9.98. The van der Waals surface area contributed by atoms with Crippen LogP contribution in [0.5, 0.6) is 0 Å². The minimum atomic E-state index is -0.210. The predicted molar refractivity (Wildman–Crippen MR) is 87.8 cm³/mol. The molecule has 1 unspecified atom stereocenters. The summed E-state index contributed by atoms with van der Waals surface area (Å²) >= 11 is 0. The molecule has 0 heterocycles. The van der Waals surface area contributed by atoms with Crippen LogP contribution in [0.25, 0.3) is 0 Å². The van der Waals surface area contributed by atoms with Gasteiger partial charge in [0, 0.05) is 18.3 Å². The van der Waals surface area contributed by atoms with E-state index >= 15 is 0 Å². The van der Waals surface area contributed by atoms with Crippen molar-refractivity contribution in [1.29, 1.82) is 0 Å². The van der Waals surface area contributed by atoms with E-state index < -0.39 is 0 Å². The Bertz CT molecular complexity index is 470. The second-order valence-electron chi connectivity index (χ2n) is 6.16. The van der Waals surface area contributed by atoms with Gasteiger partial charge in [-0.25, -0.2) is 4.79 Å². The molecule has 3 N–H and O–H groups in total. The lowest BCUT2D eigenvalue weighted by molar-refractivity contribution is 0.227. The Morgan fingerprint density at radius 2 is 1.90 bits per heavy atom. The maximum atomic E-state index is 12.2. The highest BCUT2D eigenvalue weighted by Crippen LogP contribution is 2.27. The van der Waals surface area contributed by atoms with Crippen molar-refractivity contribution in [2.75, 3.05) is 11.9 Å². The van der Waals surface area contributed by atoms with Crippen LogP contribution in [-0.2, 0) is 0 Å². The number of anilines is 1. The minimum Gasteiger partial charge on any atom is -0.396 e. The van der Waals surface area contributed by atoms with E-state index in [1.807, 2.05) is 39.0 Å². The van der Waals surface area contributed by atoms with E-state index in [0.29, 0.717) is 12.3 Å². The molecule has 0 fully saturated rings. The highest BCUT2D eigenvalue weighted by Gasteiger charge is 2.17. The van der Waals surface area contributed by atoms with Crippen LogP contribution in [0.2, 0.25) is 0 Å². The van der Waals surface area contributed by atoms with E-state index in [1.54, 1.807) is 0 Å². The SMILES string of the molecule is Cc1cccc(C(C)C)c1NC(=O)NC(CCO)C(C)C. The summed E-state index contributed by atoms with van der Waals surface area (Å²) in [5, 5.41) is 15.0. The van der Waals surface area contributed by atoms with Gasteiger partial charge in [-0.15, -0.1) is 0 Å². The lowest BCUT2D eigenvalue weighted by Crippen LogP contribution is -2.41. The predicted octanol–water partition coefficient (Wildman–Crippen LogP) is 3.65. The average molecular weight is 292 g/mol. The van der Waals surface area contributed by atoms with Gasteiger partial charge in [-0.1, -0.05) is 45.9 Å². The van der Waals surface area contributed by atoms with Crippen LogP contribution in [0.3, 0.4) is 0 Å². The number of nitrogens with one attached hydrogen (secondary N) is 2. The van der Waals surface area contributed by atoms with Crippen LogP contribution in [0.1, 0.15) is 51.2 Å². The number of aryl methyl sites for hydroxylation is 1. The van der Waals surface area contributed by atoms with Crippen molar-refractivity contribution in [3.63, 3.8) is 0 Å². The molecule has 0 aliphatic carbocycles. The minimum absolute atomic E-state index is 0.0264. The van der Waals surface area contributed by atoms with Gasteiger partial charge in [0.1, 0.15) is 0 Å². The number of hydrogen-bond acceptors (Lipinski definition) is 2. The molecular formula is C17H28N2O2. The molecule has 0 aliphatic rings. The van der Waals surface area contributed by atoms with Crippen LogP contribution in [0.15, 0.2) is 18.2 Å². The molecule has 0 saturated carbocycles. The van der Waals surface area contributed by atoms with Crippen molar-refractivity contribution in [3.8, 4) is 0 Å². The zero-order valence-corrected chi connectivity index (χ0v) is 13.7. The first kappa shape index (κ1) is 17.5. The standard InChI is InChI=1S/C17H28N2O2/c1-11(2)14-8-6-7-13(5)16(14)19-17(21)18-15(9-10-20)12(3)4/h6-8,11-12,15,20H,9-10H2,1-5H3,(H2,18,19,21). The molecule has 1 aromatic rings. The summed E-state index contributed by atoms with van der Waals surface area (Å²) in [5.41, 5.74) is 3.07. The smallest absolute Gasteiger partial charge is 0.319 e. The zero-order chi connectivity index (χ0) is 16.0. The van der Waals surface area contributed by atoms with Gasteiger partial charge in [0.15, 0.2) is 0 Å². The summed E-state index contributed by atoms with van der Waals surface area (Å²) in [5.74, 6) is 0.628. The zero-order valence-electron chi connectivity index (χ0n) is 13.7. The normalized spacial score (nSPS) is 12.6. The third-order valence-electron chi connectivity index (χ3n) is 3.73. The number of aliphatic hydroxyl groups is 1. The van der Waals surface area contributed by atoms with Crippen molar-refractivity contribution < 1.29 is 9.90 Å². The number of carbonyl (C=O) groups is 1. The van der Waals surface area contributed by atoms with Crippen LogP contribution in [0, 0.1) is 12.8 Å². The van der Waals surface area contributed by atoms with Crippen molar-refractivity contribution in [2.45, 2.75) is 53.0 Å². The maximum Gasteiger partial charge on any atom is 0.319 e. The molecule has 0 radical (unpaired) electrons. The van der Waals surface area contributed by atoms with Gasteiger partial charge < -0.3 is 15.7 Å². The van der Waals surface area contributed by atoms with Crippen LogP contribution < -0.4 is 10.6 Å². The number of para-hydroxylation sites is 1. The van der Waals surface area contributed by atoms with Gasteiger partial charge in [0.25, 0.3) is 0 Å². The Kier molecular flexibility index (Phi) is 6.69. The second-order valence-corrected chi connectivity index (χ2v) is 6.16. The quantitative estimate of drug-likeness (QED) is 0.749. The summed E-state index contributed by atoms with van der Waals surface area (Å²) in [7, 11) is 0. The Labute approximate surface area is 128 Å². The fraction of sp³-hybridized carbons (Fsp3) is 0.588. The lowest BCUT2D eigenvalue weighted by Gasteiger charge is -2.23. The molecule has 118 valence electrons. The van der Waals surface area contributed by atoms with Gasteiger partial charge >= 0.3 is 6.03 Å². The molecule has 0 aliphatic heterocycles. The molecule has 0 spiro atoms. The number of benzene rings is 1. The second kappa shape index (κ2) is 8.03. The average Bonchev–Trinajstić information content (AvgIpc) is 2.40. The summed E-state index contributed by atoms with van der Waals surface area (Å²) < 4.78 is 0. The van der Waals surface area contributed by atoms with Crippen molar-refractivity contribution >= 4 is 11.7 Å². The van der Waals surface area contributed by atoms with E-state index in [0.717, 1.165) is 16.8 Å². The Morgan fingerprint density at radius 3 is 2.43 bits per heavy atom. The van der Waals surface area contributed by atoms with E-state index in [9.17, 15) is 4.79 Å². The van der Waals surface area contributed by atoms with E-state index in [1.165, 1.54) is 0 Å². The molecule has 1 aromatic carbocycles. The van der Waals surface area contributed by atoms with Crippen molar-refractivity contribution in [2.24, 2.45) is 5.92 Å².